The van der Waals surface area contributed by atoms with Crippen LogP contribution in [-0.2, 0) is 0 Å². The van der Waals surface area contributed by atoms with Crippen molar-refractivity contribution in [3.63, 3.8) is 0 Å². The summed E-state index contributed by atoms with van der Waals surface area (Å²) in [6.45, 7) is 11.8. The van der Waals surface area contributed by atoms with E-state index in [0.717, 1.165) is 5.71 Å². The normalized spacial score (nSPS) is 13.8. The average molecular weight is 248 g/mol. The topological polar surface area (TPSA) is 24.7 Å². The Hall–Kier alpha value is -1.18. The second-order valence-electron chi connectivity index (χ2n) is 4.53. The highest BCUT2D eigenvalue weighted by Crippen LogP contribution is 2.18. The molecule has 0 aromatic rings. The summed E-state index contributed by atoms with van der Waals surface area (Å²) in [7, 11) is 0. The van der Waals surface area contributed by atoms with Crippen molar-refractivity contribution >= 4 is 11.9 Å². The van der Waals surface area contributed by atoms with E-state index in [1.54, 1.807) is 12.4 Å². The minimum Gasteiger partial charge on any atom is -0.263 e. The number of aliphatic imine (C=N–C) groups is 2. The van der Waals surface area contributed by atoms with Crippen molar-refractivity contribution in [3.8, 4) is 0 Å². The fourth-order valence-corrected chi connectivity index (χ4v) is 2.01. The number of nitrogens with zero attached hydrogens (tertiary/aromatic N) is 2. The lowest BCUT2D eigenvalue weighted by molar-refractivity contribution is 0.515. The predicted octanol–water partition coefficient (Wildman–Crippen LogP) is 5.17. The summed E-state index contributed by atoms with van der Waals surface area (Å²) in [6.07, 6.45) is 13.7. The molecule has 2 nitrogen and oxygen atoms in total. The number of unbranched alkanes of at least 4 members (excludes halogenated alkanes) is 3. The zero-order valence-electron chi connectivity index (χ0n) is 12.1. The average Bonchev–Trinajstić information content (AvgIpc) is 2.39. The summed E-state index contributed by atoms with van der Waals surface area (Å²) in [4.78, 5) is 8.49. The molecule has 0 aliphatic heterocycles. The highest BCUT2D eigenvalue weighted by Gasteiger charge is 2.13. The van der Waals surface area contributed by atoms with Gasteiger partial charge < -0.3 is 0 Å². The Bertz CT molecular complexity index is 277. The quantitative estimate of drug-likeness (QED) is 0.356. The fraction of sp³-hybridized carbons (Fsp3) is 0.625. The van der Waals surface area contributed by atoms with Gasteiger partial charge in [0.25, 0.3) is 0 Å². The van der Waals surface area contributed by atoms with Crippen molar-refractivity contribution in [2.75, 3.05) is 0 Å². The SMILES string of the molecule is C=CN=CC(=NC=C)C(CCCC)CCCCC. The van der Waals surface area contributed by atoms with Gasteiger partial charge in [-0.2, -0.15) is 0 Å². The molecule has 0 rings (SSSR count). The monoisotopic (exact) mass is 248 g/mol. The molecule has 0 N–H and O–H groups in total. The van der Waals surface area contributed by atoms with Gasteiger partial charge in [0.1, 0.15) is 0 Å². The van der Waals surface area contributed by atoms with E-state index < -0.39 is 0 Å². The molecule has 18 heavy (non-hydrogen) atoms. The lowest BCUT2D eigenvalue weighted by Gasteiger charge is -2.16. The van der Waals surface area contributed by atoms with Crippen LogP contribution in [0.5, 0.6) is 0 Å². The summed E-state index contributed by atoms with van der Waals surface area (Å²) in [5, 5.41) is 0. The van der Waals surface area contributed by atoms with E-state index in [1.165, 1.54) is 44.9 Å². The lowest BCUT2D eigenvalue weighted by atomic mass is 9.91. The highest BCUT2D eigenvalue weighted by atomic mass is 14.8. The molecule has 1 unspecified atom stereocenters. The maximum Gasteiger partial charge on any atom is 0.0616 e. The van der Waals surface area contributed by atoms with Crippen LogP contribution in [0.1, 0.15) is 58.8 Å². The molecule has 0 saturated carbocycles. The van der Waals surface area contributed by atoms with Crippen molar-refractivity contribution in [2.24, 2.45) is 15.9 Å². The Balaban J connectivity index is 4.62. The van der Waals surface area contributed by atoms with E-state index in [-0.39, 0.29) is 0 Å². The first kappa shape index (κ1) is 16.8. The Morgan fingerprint density at radius 3 is 2.22 bits per heavy atom. The van der Waals surface area contributed by atoms with Crippen LogP contribution in [0.15, 0.2) is 35.5 Å². The zero-order chi connectivity index (χ0) is 13.6. The van der Waals surface area contributed by atoms with Gasteiger partial charge in [-0.3, -0.25) is 9.98 Å². The molecule has 0 aromatic heterocycles. The van der Waals surface area contributed by atoms with Crippen LogP contribution in [0.25, 0.3) is 0 Å². The van der Waals surface area contributed by atoms with Crippen LogP contribution < -0.4 is 0 Å². The fourth-order valence-electron chi connectivity index (χ4n) is 2.01. The van der Waals surface area contributed by atoms with Crippen LogP contribution in [0.3, 0.4) is 0 Å². The van der Waals surface area contributed by atoms with E-state index in [9.17, 15) is 0 Å². The minimum atomic E-state index is 0.512. The van der Waals surface area contributed by atoms with E-state index in [0.29, 0.717) is 5.92 Å². The van der Waals surface area contributed by atoms with E-state index in [4.69, 9.17) is 0 Å². The molecule has 1 atom stereocenters. The van der Waals surface area contributed by atoms with Gasteiger partial charge in [-0.15, -0.1) is 0 Å². The number of hydrogen-bond acceptors (Lipinski definition) is 2. The van der Waals surface area contributed by atoms with Crippen LogP contribution in [0.2, 0.25) is 0 Å². The van der Waals surface area contributed by atoms with Crippen molar-refractivity contribution in [1.82, 2.24) is 0 Å². The van der Waals surface area contributed by atoms with Crippen molar-refractivity contribution in [3.05, 3.63) is 25.6 Å². The Morgan fingerprint density at radius 2 is 1.67 bits per heavy atom. The van der Waals surface area contributed by atoms with Gasteiger partial charge in [0.15, 0.2) is 0 Å². The summed E-state index contributed by atoms with van der Waals surface area (Å²) in [5.41, 5.74) is 1.05. The van der Waals surface area contributed by atoms with Gasteiger partial charge in [-0.1, -0.05) is 59.1 Å². The second-order valence-corrected chi connectivity index (χ2v) is 4.53. The first-order chi connectivity index (χ1) is 8.79. The first-order valence-corrected chi connectivity index (χ1v) is 7.12. The van der Waals surface area contributed by atoms with Gasteiger partial charge in [-0.25, -0.2) is 0 Å². The number of rotatable bonds is 11. The molecule has 0 bridgehead atoms. The summed E-state index contributed by atoms with van der Waals surface area (Å²) in [6, 6.07) is 0. The van der Waals surface area contributed by atoms with Crippen LogP contribution in [0, 0.1) is 5.92 Å². The summed E-state index contributed by atoms with van der Waals surface area (Å²) in [5.74, 6) is 0.512. The molecule has 0 amide bonds. The van der Waals surface area contributed by atoms with Gasteiger partial charge >= 0.3 is 0 Å². The zero-order valence-corrected chi connectivity index (χ0v) is 12.1. The predicted molar refractivity (Wildman–Crippen MR) is 83.5 cm³/mol. The smallest absolute Gasteiger partial charge is 0.0616 e. The van der Waals surface area contributed by atoms with Crippen molar-refractivity contribution < 1.29 is 0 Å². The molecule has 0 fully saturated rings. The molecular formula is C16H28N2. The minimum absolute atomic E-state index is 0.512. The maximum atomic E-state index is 4.38. The van der Waals surface area contributed by atoms with Crippen LogP contribution in [0.4, 0.5) is 0 Å². The van der Waals surface area contributed by atoms with E-state index in [2.05, 4.69) is 37.0 Å². The molecular weight excluding hydrogens is 220 g/mol. The molecule has 0 radical (unpaired) electrons. The van der Waals surface area contributed by atoms with E-state index in [1.807, 2.05) is 6.21 Å². The van der Waals surface area contributed by atoms with Gasteiger partial charge in [-0.05, 0) is 12.8 Å². The van der Waals surface area contributed by atoms with E-state index >= 15 is 0 Å². The van der Waals surface area contributed by atoms with Crippen LogP contribution >= 0.6 is 0 Å². The molecule has 2 heteroatoms. The maximum absolute atomic E-state index is 4.38. The van der Waals surface area contributed by atoms with Crippen molar-refractivity contribution in [1.29, 1.82) is 0 Å². The molecule has 0 saturated heterocycles. The Morgan fingerprint density at radius 1 is 1.00 bits per heavy atom. The van der Waals surface area contributed by atoms with Crippen molar-refractivity contribution in [2.45, 2.75) is 58.8 Å². The Labute approximate surface area is 113 Å². The molecule has 0 heterocycles. The Kier molecular flexibility index (Phi) is 11.5. The highest BCUT2D eigenvalue weighted by molar-refractivity contribution is 6.31. The number of hydrogen-bond donors (Lipinski definition) is 0. The first-order valence-electron chi connectivity index (χ1n) is 7.12. The largest absolute Gasteiger partial charge is 0.263 e. The molecule has 0 aliphatic rings. The third-order valence-corrected chi connectivity index (χ3v) is 3.03. The molecule has 102 valence electrons. The molecule has 0 spiro atoms. The second kappa shape index (κ2) is 12.3. The molecule has 0 aliphatic carbocycles. The van der Waals surface area contributed by atoms with Gasteiger partial charge in [0.05, 0.1) is 5.71 Å². The standard InChI is InChI=1S/C16H28N2/c1-5-9-11-13-15(12-10-6-2)16(18-8-4)14-17-7-3/h7-8,14-15H,3-6,9-13H2,1-2H3. The summed E-state index contributed by atoms with van der Waals surface area (Å²) < 4.78 is 0. The molecule has 0 aromatic carbocycles. The van der Waals surface area contributed by atoms with Gasteiger partial charge in [0, 0.05) is 24.5 Å². The summed E-state index contributed by atoms with van der Waals surface area (Å²) >= 11 is 0. The van der Waals surface area contributed by atoms with Crippen LogP contribution in [-0.4, -0.2) is 11.9 Å². The van der Waals surface area contributed by atoms with Gasteiger partial charge in [0.2, 0.25) is 0 Å². The lowest BCUT2D eigenvalue weighted by Crippen LogP contribution is -2.16. The third-order valence-electron chi connectivity index (χ3n) is 3.03. The third kappa shape index (κ3) is 7.99.